The standard InChI is InChI=1S/C27H20N2.C25H18N2.4C21H16N2/c1-19-28-26-17-16-24(18-25(26)27(29-19)23-10-6-3-7-11-23)22-14-12-21(13-15-22)20-8-4-2-5-9-20;1-17-26-24-14-13-22(21-12-11-18-7-5-6-10-20(18)15-21)16-23(24)25(27-17)19-8-3-2-4-9-19;4*1-15-22-20-13-12-18(16-8-4-2-5-9-16)14-19(20)21(23-15)17-10-6-3-7-11-17/h2-18H,1H3;2-16H,1H3;4*2-14H,1H3/i16D,17D,18D;13D,14D,16D;12D,13D,14D;14D;13D;12D. The quantitative estimate of drug-likeness (QED) is 0.108. The molecule has 12 nitrogen and oxygen atoms in total. The number of aromatic nitrogens is 12. The molecule has 0 bridgehead atoms. The Kier molecular flexibility index (Phi) is 24.4. The van der Waals surface area contributed by atoms with Gasteiger partial charge < -0.3 is 0 Å². The van der Waals surface area contributed by atoms with Gasteiger partial charge in [-0.05, 0) is 209 Å². The summed E-state index contributed by atoms with van der Waals surface area (Å²) in [5.74, 6) is 3.68. The Labute approximate surface area is 878 Å². The minimum absolute atomic E-state index is 0.00655. The first-order valence-electron chi connectivity index (χ1n) is 54.7. The van der Waals surface area contributed by atoms with Crippen molar-refractivity contribution in [1.29, 1.82) is 0 Å². The van der Waals surface area contributed by atoms with Crippen molar-refractivity contribution >= 4 is 76.2 Å². The molecule has 12 heteroatoms. The van der Waals surface area contributed by atoms with Crippen LogP contribution in [0, 0.1) is 41.5 Å². The summed E-state index contributed by atoms with van der Waals surface area (Å²) in [6, 6.07) is 144. The minimum Gasteiger partial charge on any atom is -0.233 e. The molecule has 0 spiro atoms. The highest BCUT2D eigenvalue weighted by Gasteiger charge is 2.19. The van der Waals surface area contributed by atoms with Crippen LogP contribution in [0.4, 0.5) is 0 Å². The van der Waals surface area contributed by atoms with E-state index < -0.39 is 0 Å². The van der Waals surface area contributed by atoms with Crippen LogP contribution in [0.1, 0.15) is 51.4 Å². The maximum atomic E-state index is 9.01. The molecule has 0 aliphatic heterocycles. The summed E-state index contributed by atoms with van der Waals surface area (Å²) in [5, 5.41) is 6.34. The lowest BCUT2D eigenvalue weighted by molar-refractivity contribution is 1.10. The van der Waals surface area contributed by atoms with E-state index in [0.29, 0.717) is 125 Å². The first-order valence-corrected chi connectivity index (χ1v) is 48.7. The fourth-order valence-corrected chi connectivity index (χ4v) is 17.8. The average Bonchev–Trinajstić information content (AvgIpc) is 0.736. The zero-order chi connectivity index (χ0) is 111. The molecule has 0 radical (unpaired) electrons. The van der Waals surface area contributed by atoms with Crippen molar-refractivity contribution in [1.82, 2.24) is 59.8 Å². The van der Waals surface area contributed by atoms with E-state index >= 15 is 0 Å². The summed E-state index contributed by atoms with van der Waals surface area (Å²) in [6.45, 7) is 11.0. The first kappa shape index (κ1) is 81.3. The highest BCUT2D eigenvalue weighted by molar-refractivity contribution is 6.02. The van der Waals surface area contributed by atoms with E-state index in [1.54, 1.807) is 20.8 Å². The van der Waals surface area contributed by atoms with E-state index in [0.717, 1.165) is 150 Å². The Morgan fingerprint density at radius 1 is 0.128 bits per heavy atom. The topological polar surface area (TPSA) is 155 Å². The van der Waals surface area contributed by atoms with Crippen LogP contribution in [-0.4, -0.2) is 59.8 Å². The minimum atomic E-state index is 0.00655. The van der Waals surface area contributed by atoms with E-state index in [1.807, 2.05) is 427 Å². The summed E-state index contributed by atoms with van der Waals surface area (Å²) >= 11 is 0. The largest absolute Gasteiger partial charge is 0.233 e. The number of benzene rings is 20. The van der Waals surface area contributed by atoms with Gasteiger partial charge in [-0.25, -0.2) is 59.8 Å². The lowest BCUT2D eigenvalue weighted by atomic mass is 9.98. The zero-order valence-electron chi connectivity index (χ0n) is 93.9. The molecule has 0 unspecified atom stereocenters. The molecule has 706 valence electrons. The Hall–Kier alpha value is -19.3. The third-order valence-electron chi connectivity index (χ3n) is 24.8. The normalized spacial score (nSPS) is 12.0. The van der Waals surface area contributed by atoms with Crippen molar-refractivity contribution in [2.45, 2.75) is 41.5 Å². The van der Waals surface area contributed by atoms with Gasteiger partial charge in [0.25, 0.3) is 0 Å². The van der Waals surface area contributed by atoms with Crippen LogP contribution >= 0.6 is 0 Å². The van der Waals surface area contributed by atoms with Crippen molar-refractivity contribution in [3.63, 3.8) is 0 Å². The third kappa shape index (κ3) is 22.1. The van der Waals surface area contributed by atoms with Gasteiger partial charge >= 0.3 is 0 Å². The molecule has 6 aromatic heterocycles. The van der Waals surface area contributed by atoms with Gasteiger partial charge in [0.1, 0.15) is 34.9 Å². The van der Waals surface area contributed by atoms with E-state index in [2.05, 4.69) is 90.1 Å². The average molecular weight is 1920 g/mol. The van der Waals surface area contributed by atoms with E-state index in [1.165, 1.54) is 0 Å². The van der Waals surface area contributed by atoms with Crippen molar-refractivity contribution in [2.75, 3.05) is 0 Å². The molecule has 20 aromatic carbocycles. The van der Waals surface area contributed by atoms with Crippen molar-refractivity contribution < 1.29 is 16.4 Å². The summed E-state index contributed by atoms with van der Waals surface area (Å²) < 4.78 is 104. The van der Waals surface area contributed by atoms with E-state index in [4.69, 9.17) is 16.4 Å². The third-order valence-corrected chi connectivity index (χ3v) is 24.8. The van der Waals surface area contributed by atoms with Gasteiger partial charge in [-0.15, -0.1) is 0 Å². The predicted molar refractivity (Wildman–Crippen MR) is 614 cm³/mol. The second kappa shape index (κ2) is 44.5. The summed E-state index contributed by atoms with van der Waals surface area (Å²) in [7, 11) is 0. The summed E-state index contributed by atoms with van der Waals surface area (Å²) in [4.78, 5) is 54.5. The van der Waals surface area contributed by atoms with Crippen LogP contribution in [0.2, 0.25) is 0 Å². The molecule has 0 aliphatic carbocycles. The van der Waals surface area contributed by atoms with Gasteiger partial charge in [0.05, 0.1) is 83.7 Å². The molecule has 26 rings (SSSR count). The zero-order valence-corrected chi connectivity index (χ0v) is 81.9. The van der Waals surface area contributed by atoms with Crippen molar-refractivity contribution in [3.8, 4) is 145 Å². The molecule has 148 heavy (non-hydrogen) atoms. The Bertz CT molecular complexity index is 9900. The van der Waals surface area contributed by atoms with Gasteiger partial charge in [0.15, 0.2) is 0 Å². The van der Waals surface area contributed by atoms with Crippen LogP contribution in [0.15, 0.2) is 509 Å². The summed E-state index contributed by atoms with van der Waals surface area (Å²) in [5.41, 5.74) is 25.2. The smallest absolute Gasteiger partial charge is 0.126 e. The maximum Gasteiger partial charge on any atom is 0.126 e. The maximum absolute atomic E-state index is 9.01. The van der Waals surface area contributed by atoms with Gasteiger partial charge in [0, 0.05) is 65.7 Å². The molecule has 0 N–H and O–H groups in total. The SMILES string of the molecule is [2H]c1c(-c2ccc(-c3ccccc3)cc2)c([2H])c2c(-c3ccccc3)nc(C)nc2c1[2H].[2H]c1c(-c2ccc3ccccc3c2)c([2H])c2c(-c3ccccc3)nc(C)nc2c1[2H].[2H]c1c(-c2ccccc2)c([2H])c2c(-c3ccccc3)nc(C)nc2c1[2H].[2H]c1c(-c2ccccc2)ccc2nc(C)nc(-c3ccccc3)c12.[2H]c1cc(-c2ccccc2)cc2c(-c3ccccc3)nc(C)nc12.[2H]c1cc2nc(C)nc(-c3ccccc3)c2cc1-c1ccccc1. The lowest BCUT2D eigenvalue weighted by Crippen LogP contribution is -1.94. The molecular formula is C136H102N12. The predicted octanol–water partition coefficient (Wildman–Crippen LogP) is 34.5. The number of hydrogen-bond acceptors (Lipinski definition) is 12. The van der Waals surface area contributed by atoms with Crippen molar-refractivity contribution in [3.05, 3.63) is 544 Å². The highest BCUT2D eigenvalue weighted by atomic mass is 14.9. The fourth-order valence-electron chi connectivity index (χ4n) is 17.8. The summed E-state index contributed by atoms with van der Waals surface area (Å²) in [6.07, 6.45) is 0. The monoisotopic (exact) mass is 1910 g/mol. The van der Waals surface area contributed by atoms with E-state index in [-0.39, 0.29) is 54.4 Å². The molecule has 0 saturated carbocycles. The van der Waals surface area contributed by atoms with Crippen LogP contribution in [0.25, 0.3) is 222 Å². The molecule has 26 aromatic rings. The molecule has 0 atom stereocenters. The molecule has 6 heterocycles. The van der Waals surface area contributed by atoms with Crippen LogP contribution < -0.4 is 0 Å². The van der Waals surface area contributed by atoms with Gasteiger partial charge in [-0.3, -0.25) is 0 Å². The number of hydrogen-bond donors (Lipinski definition) is 0. The molecular weight excluding hydrogens is 1800 g/mol. The number of aryl methyl sites for hydroxylation is 6. The fraction of sp³-hybridized carbons (Fsp3) is 0.0441. The Morgan fingerprint density at radius 2 is 0.345 bits per heavy atom. The Morgan fingerprint density at radius 3 is 0.703 bits per heavy atom. The number of fused-ring (bicyclic) bond motifs is 7. The van der Waals surface area contributed by atoms with E-state index in [9.17, 15) is 0 Å². The van der Waals surface area contributed by atoms with Crippen LogP contribution in [0.3, 0.4) is 0 Å². The van der Waals surface area contributed by atoms with Crippen LogP contribution in [0.5, 0.6) is 0 Å². The Balaban J connectivity index is 0.000000111. The first-order chi connectivity index (χ1) is 77.8. The van der Waals surface area contributed by atoms with Crippen molar-refractivity contribution in [2.24, 2.45) is 0 Å². The number of rotatable bonds is 13. The highest BCUT2D eigenvalue weighted by Crippen LogP contribution is 2.40. The number of nitrogens with zero attached hydrogens (tertiary/aromatic N) is 12. The van der Waals surface area contributed by atoms with Gasteiger partial charge in [-0.1, -0.05) is 431 Å². The second-order valence-electron chi connectivity index (χ2n) is 35.2. The van der Waals surface area contributed by atoms with Gasteiger partial charge in [0.2, 0.25) is 0 Å². The molecule has 0 fully saturated rings. The second-order valence-corrected chi connectivity index (χ2v) is 35.2. The molecule has 0 saturated heterocycles. The molecule has 0 amide bonds. The van der Waals surface area contributed by atoms with Crippen LogP contribution in [-0.2, 0) is 0 Å². The molecule has 0 aliphatic rings. The van der Waals surface area contributed by atoms with Gasteiger partial charge in [-0.2, -0.15) is 0 Å². The lowest BCUT2D eigenvalue weighted by Gasteiger charge is -2.10.